The molecule has 19 heavy (non-hydrogen) atoms. The molecular weight excluding hydrogens is 254 g/mol. The number of hydrogen-bond donors (Lipinski definition) is 1. The molecule has 0 saturated carbocycles. The molecule has 2 heterocycles. The van der Waals surface area contributed by atoms with Crippen molar-refractivity contribution in [2.75, 3.05) is 5.32 Å². The van der Waals surface area contributed by atoms with Crippen molar-refractivity contribution in [3.8, 4) is 0 Å². The van der Waals surface area contributed by atoms with Crippen molar-refractivity contribution >= 4 is 27.1 Å². The van der Waals surface area contributed by atoms with Crippen LogP contribution in [0.4, 0.5) is 5.69 Å². The van der Waals surface area contributed by atoms with Crippen molar-refractivity contribution in [1.29, 1.82) is 0 Å². The van der Waals surface area contributed by atoms with Crippen LogP contribution in [0.2, 0.25) is 0 Å². The van der Waals surface area contributed by atoms with Crippen molar-refractivity contribution < 1.29 is 0 Å². The minimum absolute atomic E-state index is 0.261. The zero-order chi connectivity index (χ0) is 13.2. The van der Waals surface area contributed by atoms with Gasteiger partial charge in [-0.1, -0.05) is 0 Å². The summed E-state index contributed by atoms with van der Waals surface area (Å²) in [6.45, 7) is 5.17. The molecule has 1 N–H and O–H groups in total. The van der Waals surface area contributed by atoms with Crippen LogP contribution in [0.25, 0.3) is 10.1 Å². The summed E-state index contributed by atoms with van der Waals surface area (Å²) >= 11 is 1.78. The third kappa shape index (κ3) is 2.49. The van der Waals surface area contributed by atoms with Crippen molar-refractivity contribution in [3.05, 3.63) is 47.6 Å². The third-order valence-electron chi connectivity index (χ3n) is 3.31. The molecule has 3 aromatic rings. The maximum Gasteiger partial charge on any atom is 0.0542 e. The molecule has 0 aliphatic rings. The first-order valence-corrected chi connectivity index (χ1v) is 7.40. The van der Waals surface area contributed by atoms with E-state index in [4.69, 9.17) is 0 Å². The SMILES string of the molecule is CCn1cc(C(C)Nc2ccc3sccc3c2)cn1. The average Bonchev–Trinajstić information content (AvgIpc) is 3.06. The highest BCUT2D eigenvalue weighted by molar-refractivity contribution is 7.17. The minimum Gasteiger partial charge on any atom is -0.378 e. The molecule has 0 fully saturated rings. The normalized spacial score (nSPS) is 12.7. The molecule has 4 heteroatoms. The lowest BCUT2D eigenvalue weighted by molar-refractivity contribution is 0.658. The van der Waals surface area contributed by atoms with Crippen LogP contribution < -0.4 is 5.32 Å². The first kappa shape index (κ1) is 12.2. The molecule has 0 radical (unpaired) electrons. The number of nitrogens with zero attached hydrogens (tertiary/aromatic N) is 2. The lowest BCUT2D eigenvalue weighted by atomic mass is 10.1. The van der Waals surface area contributed by atoms with Gasteiger partial charge >= 0.3 is 0 Å². The van der Waals surface area contributed by atoms with Gasteiger partial charge in [0, 0.05) is 28.7 Å². The Bertz CT molecular complexity index is 683. The summed E-state index contributed by atoms with van der Waals surface area (Å²) < 4.78 is 3.28. The fourth-order valence-corrected chi connectivity index (χ4v) is 2.94. The molecule has 0 bridgehead atoms. The van der Waals surface area contributed by atoms with Crippen LogP contribution in [0.3, 0.4) is 0 Å². The summed E-state index contributed by atoms with van der Waals surface area (Å²) in [5, 5.41) is 11.3. The highest BCUT2D eigenvalue weighted by Crippen LogP contribution is 2.26. The Morgan fingerprint density at radius 2 is 2.26 bits per heavy atom. The van der Waals surface area contributed by atoms with Gasteiger partial charge in [-0.15, -0.1) is 11.3 Å². The smallest absolute Gasteiger partial charge is 0.0542 e. The number of benzene rings is 1. The molecule has 0 saturated heterocycles. The Hall–Kier alpha value is -1.81. The predicted molar refractivity (Wildman–Crippen MR) is 81.8 cm³/mol. The van der Waals surface area contributed by atoms with Crippen molar-refractivity contribution in [3.63, 3.8) is 0 Å². The van der Waals surface area contributed by atoms with Gasteiger partial charge in [0.2, 0.25) is 0 Å². The largest absolute Gasteiger partial charge is 0.378 e. The Morgan fingerprint density at radius 1 is 1.37 bits per heavy atom. The number of thiophene rings is 1. The second-order valence-electron chi connectivity index (χ2n) is 4.67. The maximum absolute atomic E-state index is 4.32. The van der Waals surface area contributed by atoms with Crippen molar-refractivity contribution in [2.24, 2.45) is 0 Å². The number of hydrogen-bond acceptors (Lipinski definition) is 3. The van der Waals surface area contributed by atoms with Crippen molar-refractivity contribution in [1.82, 2.24) is 9.78 Å². The number of nitrogens with one attached hydrogen (secondary N) is 1. The summed E-state index contributed by atoms with van der Waals surface area (Å²) in [5.41, 5.74) is 2.37. The Kier molecular flexibility index (Phi) is 3.25. The molecule has 2 aromatic heterocycles. The lowest BCUT2D eigenvalue weighted by Crippen LogP contribution is -2.05. The quantitative estimate of drug-likeness (QED) is 0.767. The van der Waals surface area contributed by atoms with E-state index in [-0.39, 0.29) is 6.04 Å². The minimum atomic E-state index is 0.261. The zero-order valence-electron chi connectivity index (χ0n) is 11.1. The van der Waals surface area contributed by atoms with E-state index in [2.05, 4.69) is 60.1 Å². The van der Waals surface area contributed by atoms with E-state index in [1.165, 1.54) is 15.6 Å². The third-order valence-corrected chi connectivity index (χ3v) is 4.21. The molecule has 1 unspecified atom stereocenters. The molecule has 0 aliphatic carbocycles. The molecule has 3 rings (SSSR count). The second kappa shape index (κ2) is 5.05. The first-order valence-electron chi connectivity index (χ1n) is 6.52. The van der Waals surface area contributed by atoms with Crippen LogP contribution >= 0.6 is 11.3 Å². The van der Waals surface area contributed by atoms with E-state index in [9.17, 15) is 0 Å². The topological polar surface area (TPSA) is 29.9 Å². The van der Waals surface area contributed by atoms with E-state index in [1.54, 1.807) is 11.3 Å². The average molecular weight is 271 g/mol. The predicted octanol–water partition coefficient (Wildman–Crippen LogP) is 4.29. The van der Waals surface area contributed by atoms with Crippen LogP contribution in [0, 0.1) is 0 Å². The lowest BCUT2D eigenvalue weighted by Gasteiger charge is -2.13. The van der Waals surface area contributed by atoms with E-state index in [0.717, 1.165) is 12.2 Å². The van der Waals surface area contributed by atoms with E-state index < -0.39 is 0 Å². The number of rotatable bonds is 4. The van der Waals surface area contributed by atoms with Gasteiger partial charge in [-0.3, -0.25) is 4.68 Å². The van der Waals surface area contributed by atoms with Crippen LogP contribution in [-0.2, 0) is 6.54 Å². The van der Waals surface area contributed by atoms with Gasteiger partial charge in [0.05, 0.1) is 12.2 Å². The fourth-order valence-electron chi connectivity index (χ4n) is 2.17. The molecule has 0 aliphatic heterocycles. The molecule has 3 nitrogen and oxygen atoms in total. The first-order chi connectivity index (χ1) is 9.26. The van der Waals surface area contributed by atoms with Crippen molar-refractivity contribution in [2.45, 2.75) is 26.4 Å². The van der Waals surface area contributed by atoms with Gasteiger partial charge in [0.15, 0.2) is 0 Å². The summed E-state index contributed by atoms with van der Waals surface area (Å²) in [4.78, 5) is 0. The number of aryl methyl sites for hydroxylation is 1. The van der Waals surface area contributed by atoms with Gasteiger partial charge in [-0.25, -0.2) is 0 Å². The van der Waals surface area contributed by atoms with E-state index in [0.29, 0.717) is 0 Å². The molecule has 1 atom stereocenters. The molecule has 1 aromatic carbocycles. The van der Waals surface area contributed by atoms with E-state index >= 15 is 0 Å². The van der Waals surface area contributed by atoms with Gasteiger partial charge in [0.25, 0.3) is 0 Å². The second-order valence-corrected chi connectivity index (χ2v) is 5.62. The molecule has 0 amide bonds. The summed E-state index contributed by atoms with van der Waals surface area (Å²) in [6.07, 6.45) is 4.03. The summed E-state index contributed by atoms with van der Waals surface area (Å²) in [7, 11) is 0. The summed E-state index contributed by atoms with van der Waals surface area (Å²) in [6, 6.07) is 8.93. The highest BCUT2D eigenvalue weighted by Gasteiger charge is 2.08. The molecule has 98 valence electrons. The van der Waals surface area contributed by atoms with Crippen LogP contribution in [-0.4, -0.2) is 9.78 Å². The Morgan fingerprint density at radius 3 is 3.05 bits per heavy atom. The maximum atomic E-state index is 4.32. The number of aromatic nitrogens is 2. The van der Waals surface area contributed by atoms with Crippen LogP contribution in [0.1, 0.15) is 25.5 Å². The van der Waals surface area contributed by atoms with Gasteiger partial charge in [-0.2, -0.15) is 5.10 Å². The van der Waals surface area contributed by atoms with Crippen LogP contribution in [0.15, 0.2) is 42.0 Å². The Labute approximate surface area is 116 Å². The standard InChI is InChI=1S/C15H17N3S/c1-3-18-10-13(9-16-18)11(2)17-14-4-5-15-12(8-14)6-7-19-15/h4-11,17H,3H2,1-2H3. The van der Waals surface area contributed by atoms with Gasteiger partial charge in [0.1, 0.15) is 0 Å². The fraction of sp³-hybridized carbons (Fsp3) is 0.267. The van der Waals surface area contributed by atoms with E-state index in [1.807, 2.05) is 10.9 Å². The Balaban J connectivity index is 1.79. The van der Waals surface area contributed by atoms with Gasteiger partial charge in [-0.05, 0) is 48.9 Å². The molecule has 0 spiro atoms. The van der Waals surface area contributed by atoms with Crippen LogP contribution in [0.5, 0.6) is 0 Å². The monoisotopic (exact) mass is 271 g/mol. The summed E-state index contributed by atoms with van der Waals surface area (Å²) in [5.74, 6) is 0. The zero-order valence-corrected chi connectivity index (χ0v) is 11.9. The molecular formula is C15H17N3S. The number of fused-ring (bicyclic) bond motifs is 1. The number of anilines is 1. The van der Waals surface area contributed by atoms with Gasteiger partial charge < -0.3 is 5.32 Å². The highest BCUT2D eigenvalue weighted by atomic mass is 32.1.